The summed E-state index contributed by atoms with van der Waals surface area (Å²) in [5.74, 6) is -0.106. The zero-order valence-electron chi connectivity index (χ0n) is 14.9. The summed E-state index contributed by atoms with van der Waals surface area (Å²) in [6.07, 6.45) is -10.2. The van der Waals surface area contributed by atoms with Gasteiger partial charge in [0, 0.05) is 0 Å². The van der Waals surface area contributed by atoms with Crippen LogP contribution in [-0.2, 0) is 16.9 Å². The monoisotopic (exact) mass is 446 g/mol. The van der Waals surface area contributed by atoms with E-state index in [0.717, 1.165) is 0 Å². The first-order valence-electron chi connectivity index (χ1n) is 8.37. The van der Waals surface area contributed by atoms with Crippen molar-refractivity contribution >= 4 is 12.9 Å². The first-order valence-corrected chi connectivity index (χ1v) is 9.91. The molecule has 158 valence electrons. The fraction of sp³-hybridized carbons (Fsp3) is 0.100. The zero-order chi connectivity index (χ0) is 22.0. The molecule has 3 rings (SSSR count). The van der Waals surface area contributed by atoms with E-state index >= 15 is 0 Å². The molecule has 3 aromatic rings. The quantitative estimate of drug-likeness (QED) is 0.323. The molecule has 3 aromatic carbocycles. The molecule has 0 saturated carbocycles. The molecule has 10 heteroatoms. The van der Waals surface area contributed by atoms with Crippen LogP contribution < -0.4 is 14.4 Å². The van der Waals surface area contributed by atoms with Crippen LogP contribution in [0.15, 0.2) is 78.9 Å². The predicted octanol–water partition coefficient (Wildman–Crippen LogP) is 6.70. The Morgan fingerprint density at radius 3 is 1.30 bits per heavy atom. The van der Waals surface area contributed by atoms with E-state index in [1.807, 2.05) is 0 Å². The van der Waals surface area contributed by atoms with Gasteiger partial charge in [-0.25, -0.2) is 4.57 Å². The van der Waals surface area contributed by atoms with E-state index in [0.29, 0.717) is 12.1 Å². The van der Waals surface area contributed by atoms with Crippen LogP contribution in [0.5, 0.6) is 11.5 Å². The van der Waals surface area contributed by atoms with E-state index in [9.17, 15) is 30.9 Å². The molecular weight excluding hydrogens is 433 g/mol. The molecule has 0 heterocycles. The molecule has 0 aliphatic rings. The summed E-state index contributed by atoms with van der Waals surface area (Å²) in [6.45, 7) is 0. The summed E-state index contributed by atoms with van der Waals surface area (Å²) in [4.78, 5) is 0. The summed E-state index contributed by atoms with van der Waals surface area (Å²) in [6, 6.07) is 15.2. The summed E-state index contributed by atoms with van der Waals surface area (Å²) in [7, 11) is -4.71. The molecule has 0 fully saturated rings. The summed E-state index contributed by atoms with van der Waals surface area (Å²) < 4.78 is 104. The molecule has 0 aliphatic heterocycles. The Balaban J connectivity index is 2.18. The minimum absolute atomic E-state index is 0.0530. The van der Waals surface area contributed by atoms with Gasteiger partial charge in [0.25, 0.3) is 0 Å². The van der Waals surface area contributed by atoms with Crippen molar-refractivity contribution in [3.63, 3.8) is 0 Å². The van der Waals surface area contributed by atoms with Gasteiger partial charge in [-0.05, 0) is 42.5 Å². The third kappa shape index (κ3) is 5.16. The highest BCUT2D eigenvalue weighted by atomic mass is 31.2. The van der Waals surface area contributed by atoms with Crippen LogP contribution >= 0.6 is 7.60 Å². The van der Waals surface area contributed by atoms with Gasteiger partial charge in [-0.2, -0.15) is 26.3 Å². The van der Waals surface area contributed by atoms with Crippen molar-refractivity contribution in [2.45, 2.75) is 12.4 Å². The lowest BCUT2D eigenvalue weighted by Crippen LogP contribution is -2.21. The van der Waals surface area contributed by atoms with Crippen molar-refractivity contribution in [1.29, 1.82) is 0 Å². The van der Waals surface area contributed by atoms with Gasteiger partial charge in [-0.3, -0.25) is 0 Å². The van der Waals surface area contributed by atoms with Crippen molar-refractivity contribution in [3.05, 3.63) is 90.0 Å². The van der Waals surface area contributed by atoms with E-state index in [1.165, 1.54) is 48.5 Å². The molecule has 0 spiro atoms. The number of halogens is 6. The second-order valence-electron chi connectivity index (χ2n) is 6.07. The highest BCUT2D eigenvalue weighted by molar-refractivity contribution is 7.63. The first kappa shape index (κ1) is 21.8. The van der Waals surface area contributed by atoms with Gasteiger partial charge in [0.1, 0.15) is 11.5 Å². The van der Waals surface area contributed by atoms with E-state index < -0.39 is 36.4 Å². The van der Waals surface area contributed by atoms with E-state index in [4.69, 9.17) is 9.05 Å². The molecule has 0 bridgehead atoms. The van der Waals surface area contributed by atoms with Crippen molar-refractivity contribution in [1.82, 2.24) is 0 Å². The molecule has 30 heavy (non-hydrogen) atoms. The molecule has 0 atom stereocenters. The smallest absolute Gasteiger partial charge is 0.413 e. The number of benzene rings is 3. The minimum Gasteiger partial charge on any atom is -0.413 e. The Morgan fingerprint density at radius 1 is 0.600 bits per heavy atom. The largest absolute Gasteiger partial charge is 0.462 e. The molecule has 0 amide bonds. The summed E-state index contributed by atoms with van der Waals surface area (Å²) in [5.41, 5.74) is -3.25. The lowest BCUT2D eigenvalue weighted by atomic mass is 10.1. The van der Waals surface area contributed by atoms with Crippen LogP contribution in [0, 0.1) is 0 Å². The van der Waals surface area contributed by atoms with Crippen LogP contribution in [0.4, 0.5) is 26.3 Å². The summed E-state index contributed by atoms with van der Waals surface area (Å²) in [5, 5.41) is -0.877. The number of hydrogen-bond acceptors (Lipinski definition) is 3. The molecule has 0 radical (unpaired) electrons. The Hall–Kier alpha value is -2.93. The van der Waals surface area contributed by atoms with Gasteiger partial charge in [0.05, 0.1) is 16.4 Å². The Bertz CT molecular complexity index is 972. The first-order chi connectivity index (χ1) is 14.0. The van der Waals surface area contributed by atoms with Gasteiger partial charge in [0.15, 0.2) is 0 Å². The van der Waals surface area contributed by atoms with Crippen LogP contribution in [0.1, 0.15) is 11.1 Å². The molecule has 0 unspecified atom stereocenters. The third-order valence-corrected chi connectivity index (χ3v) is 5.62. The Labute approximate surface area is 167 Å². The van der Waals surface area contributed by atoms with Gasteiger partial charge < -0.3 is 9.05 Å². The molecular formula is C20H13F6O3P. The Morgan fingerprint density at radius 2 is 0.967 bits per heavy atom. The van der Waals surface area contributed by atoms with Gasteiger partial charge in [0.2, 0.25) is 0 Å². The van der Waals surface area contributed by atoms with Gasteiger partial charge in [-0.1, -0.05) is 36.4 Å². The molecule has 0 N–H and O–H groups in total. The van der Waals surface area contributed by atoms with Crippen molar-refractivity contribution in [2.75, 3.05) is 0 Å². The highest BCUT2D eigenvalue weighted by Crippen LogP contribution is 2.49. The second kappa shape index (κ2) is 8.07. The zero-order valence-corrected chi connectivity index (χ0v) is 15.8. The van der Waals surface area contributed by atoms with Crippen LogP contribution in [0.3, 0.4) is 0 Å². The SMILES string of the molecule is O=P(Oc1ccccc1)(Oc1ccccc1)c1cc(C(F)(F)F)cc(C(F)(F)F)c1. The topological polar surface area (TPSA) is 35.5 Å². The van der Waals surface area contributed by atoms with E-state index in [-0.39, 0.29) is 17.6 Å². The fourth-order valence-electron chi connectivity index (χ4n) is 2.46. The Kier molecular flexibility index (Phi) is 5.85. The van der Waals surface area contributed by atoms with Gasteiger partial charge in [-0.15, -0.1) is 0 Å². The molecule has 0 saturated heterocycles. The lowest BCUT2D eigenvalue weighted by molar-refractivity contribution is -0.142. The maximum atomic E-state index is 13.5. The van der Waals surface area contributed by atoms with E-state index in [1.54, 1.807) is 12.1 Å². The second-order valence-corrected chi connectivity index (χ2v) is 7.95. The standard InChI is InChI=1S/C20H13F6O3P/c21-19(22,23)14-11-15(20(24,25)26)13-18(12-14)30(27,28-16-7-3-1-4-8-16)29-17-9-5-2-6-10-17/h1-13H. The van der Waals surface area contributed by atoms with Crippen LogP contribution in [0.2, 0.25) is 0 Å². The van der Waals surface area contributed by atoms with Crippen LogP contribution in [-0.4, -0.2) is 0 Å². The maximum Gasteiger partial charge on any atom is 0.462 e. The third-order valence-electron chi connectivity index (χ3n) is 3.83. The number of hydrogen-bond donors (Lipinski definition) is 0. The molecule has 0 aliphatic carbocycles. The average Bonchev–Trinajstić information content (AvgIpc) is 2.68. The highest BCUT2D eigenvalue weighted by Gasteiger charge is 2.41. The molecule has 3 nitrogen and oxygen atoms in total. The number of rotatable bonds is 5. The van der Waals surface area contributed by atoms with Crippen LogP contribution in [0.25, 0.3) is 0 Å². The fourth-order valence-corrected chi connectivity index (χ4v) is 4.10. The minimum atomic E-state index is -5.11. The predicted molar refractivity (Wildman–Crippen MR) is 97.8 cm³/mol. The normalized spacial score (nSPS) is 12.5. The van der Waals surface area contributed by atoms with Crippen molar-refractivity contribution in [3.8, 4) is 11.5 Å². The van der Waals surface area contributed by atoms with Crippen molar-refractivity contribution < 1.29 is 40.0 Å². The van der Waals surface area contributed by atoms with Crippen molar-refractivity contribution in [2.24, 2.45) is 0 Å². The maximum absolute atomic E-state index is 13.5. The number of para-hydroxylation sites is 2. The van der Waals surface area contributed by atoms with Gasteiger partial charge >= 0.3 is 19.9 Å². The number of alkyl halides is 6. The van der Waals surface area contributed by atoms with E-state index in [2.05, 4.69) is 0 Å². The summed E-state index contributed by atoms with van der Waals surface area (Å²) >= 11 is 0. The average molecular weight is 446 g/mol. The molecule has 0 aromatic heterocycles. The lowest BCUT2D eigenvalue weighted by Gasteiger charge is -2.22.